The van der Waals surface area contributed by atoms with Gasteiger partial charge in [-0.25, -0.2) is 13.8 Å². The molecule has 9 nitrogen and oxygen atoms in total. The Balaban J connectivity index is 1.21. The van der Waals surface area contributed by atoms with E-state index in [4.69, 9.17) is 0 Å². The molecule has 184 valence electrons. The first-order valence-electron chi connectivity index (χ1n) is 12.3. The van der Waals surface area contributed by atoms with Gasteiger partial charge in [-0.1, -0.05) is 0 Å². The third-order valence-corrected chi connectivity index (χ3v) is 7.41. The van der Waals surface area contributed by atoms with E-state index in [0.717, 1.165) is 38.4 Å². The lowest BCUT2D eigenvalue weighted by Crippen LogP contribution is -2.55. The van der Waals surface area contributed by atoms with Crippen LogP contribution in [0.4, 0.5) is 26.2 Å². The van der Waals surface area contributed by atoms with Crippen molar-refractivity contribution in [3.63, 3.8) is 0 Å². The maximum atomic E-state index is 14.7. The number of nitrogens with zero attached hydrogens (tertiary/aromatic N) is 7. The monoisotopic (exact) mass is 481 g/mol. The van der Waals surface area contributed by atoms with Crippen molar-refractivity contribution in [2.24, 2.45) is 0 Å². The second kappa shape index (κ2) is 8.47. The molecular formula is C24H29F2N9. The summed E-state index contributed by atoms with van der Waals surface area (Å²) >= 11 is 0. The van der Waals surface area contributed by atoms with E-state index in [1.807, 2.05) is 0 Å². The molecule has 35 heavy (non-hydrogen) atoms. The van der Waals surface area contributed by atoms with Crippen LogP contribution in [0, 0.1) is 11.6 Å². The minimum absolute atomic E-state index is 0.0573. The fraction of sp³-hybridized carbons (Fsp3) is 0.542. The van der Waals surface area contributed by atoms with E-state index in [2.05, 4.69) is 54.9 Å². The van der Waals surface area contributed by atoms with Gasteiger partial charge >= 0.3 is 0 Å². The quantitative estimate of drug-likeness (QED) is 0.542. The van der Waals surface area contributed by atoms with E-state index in [-0.39, 0.29) is 35.0 Å². The van der Waals surface area contributed by atoms with Gasteiger partial charge in [-0.2, -0.15) is 9.67 Å². The smallest absolute Gasteiger partial charge is 0.229 e. The molecule has 2 saturated heterocycles. The second-order valence-electron chi connectivity index (χ2n) is 10.5. The summed E-state index contributed by atoms with van der Waals surface area (Å²) in [5.41, 5.74) is 0.853. The summed E-state index contributed by atoms with van der Waals surface area (Å²) in [4.78, 5) is 11.1. The molecule has 0 bridgehead atoms. The molecular weight excluding hydrogens is 452 g/mol. The molecule has 3 aromatic rings. The Morgan fingerprint density at radius 2 is 1.97 bits per heavy atom. The predicted octanol–water partition coefficient (Wildman–Crippen LogP) is 4.17. The Morgan fingerprint density at radius 3 is 2.80 bits per heavy atom. The summed E-state index contributed by atoms with van der Waals surface area (Å²) in [6.07, 6.45) is 7.41. The van der Waals surface area contributed by atoms with E-state index in [1.54, 1.807) is 12.1 Å². The maximum absolute atomic E-state index is 14.7. The van der Waals surface area contributed by atoms with E-state index >= 15 is 0 Å². The number of halogens is 2. The first kappa shape index (κ1) is 22.3. The summed E-state index contributed by atoms with van der Waals surface area (Å²) in [5, 5.41) is 18.1. The minimum atomic E-state index is -0.496. The van der Waals surface area contributed by atoms with Crippen LogP contribution in [0.3, 0.4) is 0 Å². The van der Waals surface area contributed by atoms with Gasteiger partial charge in [0.2, 0.25) is 5.95 Å². The lowest BCUT2D eigenvalue weighted by atomic mass is 9.84. The van der Waals surface area contributed by atoms with Gasteiger partial charge in [0, 0.05) is 29.2 Å². The maximum Gasteiger partial charge on any atom is 0.229 e. The molecule has 2 N–H and O–H groups in total. The summed E-state index contributed by atoms with van der Waals surface area (Å²) in [6.45, 7) is 5.65. The van der Waals surface area contributed by atoms with Crippen molar-refractivity contribution < 1.29 is 8.78 Å². The van der Waals surface area contributed by atoms with Crippen LogP contribution in [0.15, 0.2) is 24.4 Å². The van der Waals surface area contributed by atoms with Gasteiger partial charge in [-0.15, -0.1) is 5.10 Å². The standard InChI is InChI=1S/C24H29F2N9/c1-24(2)12-16(10-17-4-3-9-34(17)24)28-21-19(26)13-27-23(30-21)29-15-7-8-18(25)20(11-15)35-22(14-5-6-14)31-32-33-35/h7-8,11,13-14,16-17H,3-6,9-10,12H2,1-2H3,(H2,27,28,29,30)/t16?,17-/m0/s1. The van der Waals surface area contributed by atoms with E-state index < -0.39 is 11.6 Å². The number of hydrogen-bond acceptors (Lipinski definition) is 8. The van der Waals surface area contributed by atoms with Crippen molar-refractivity contribution in [3.8, 4) is 5.69 Å². The van der Waals surface area contributed by atoms with Crippen molar-refractivity contribution in [3.05, 3.63) is 41.9 Å². The predicted molar refractivity (Wildman–Crippen MR) is 127 cm³/mol. The number of tetrazole rings is 1. The van der Waals surface area contributed by atoms with Crippen LogP contribution in [0.5, 0.6) is 0 Å². The Labute approximate surface area is 202 Å². The van der Waals surface area contributed by atoms with Crippen LogP contribution < -0.4 is 10.6 Å². The topological polar surface area (TPSA) is 96.7 Å². The van der Waals surface area contributed by atoms with Gasteiger partial charge in [-0.05, 0) is 87.5 Å². The fourth-order valence-corrected chi connectivity index (χ4v) is 5.69. The van der Waals surface area contributed by atoms with Gasteiger partial charge in [0.05, 0.1) is 6.20 Å². The number of rotatable bonds is 6. The van der Waals surface area contributed by atoms with E-state index in [1.165, 1.54) is 23.6 Å². The molecule has 0 amide bonds. The van der Waals surface area contributed by atoms with Crippen molar-refractivity contribution in [1.29, 1.82) is 0 Å². The van der Waals surface area contributed by atoms with Crippen LogP contribution >= 0.6 is 0 Å². The number of anilines is 3. The zero-order chi connectivity index (χ0) is 24.2. The van der Waals surface area contributed by atoms with Crippen LogP contribution in [-0.4, -0.2) is 59.2 Å². The van der Waals surface area contributed by atoms with Gasteiger partial charge in [0.1, 0.15) is 11.5 Å². The minimum Gasteiger partial charge on any atom is -0.365 e. The Bertz CT molecular complexity index is 1240. The molecule has 2 atom stereocenters. The molecule has 6 rings (SSSR count). The average molecular weight is 482 g/mol. The van der Waals surface area contributed by atoms with E-state index in [9.17, 15) is 8.78 Å². The number of fused-ring (bicyclic) bond motifs is 1. The summed E-state index contributed by atoms with van der Waals surface area (Å²) in [6, 6.07) is 5.17. The van der Waals surface area contributed by atoms with E-state index in [0.29, 0.717) is 17.6 Å². The molecule has 3 aliphatic rings. The summed E-state index contributed by atoms with van der Waals surface area (Å²) in [5.74, 6) is 0.382. The molecule has 0 spiro atoms. The average Bonchev–Trinajstić information content (AvgIpc) is 3.33. The zero-order valence-corrected chi connectivity index (χ0v) is 19.9. The Kier molecular flexibility index (Phi) is 5.39. The number of hydrogen-bond donors (Lipinski definition) is 2. The zero-order valence-electron chi connectivity index (χ0n) is 19.9. The number of piperidine rings is 1. The molecule has 1 saturated carbocycles. The third-order valence-electron chi connectivity index (χ3n) is 7.41. The highest BCUT2D eigenvalue weighted by Crippen LogP contribution is 2.40. The fourth-order valence-electron chi connectivity index (χ4n) is 5.69. The second-order valence-corrected chi connectivity index (χ2v) is 10.5. The molecule has 11 heteroatoms. The Hall–Kier alpha value is -3.21. The van der Waals surface area contributed by atoms with Gasteiger partial charge in [0.25, 0.3) is 0 Å². The van der Waals surface area contributed by atoms with Crippen molar-refractivity contribution in [2.75, 3.05) is 17.2 Å². The lowest BCUT2D eigenvalue weighted by molar-refractivity contribution is 0.0500. The highest BCUT2D eigenvalue weighted by Gasteiger charge is 2.43. The van der Waals surface area contributed by atoms with Crippen molar-refractivity contribution in [1.82, 2.24) is 35.1 Å². The largest absolute Gasteiger partial charge is 0.365 e. The van der Waals surface area contributed by atoms with Crippen molar-refractivity contribution in [2.45, 2.75) is 75.9 Å². The lowest BCUT2D eigenvalue weighted by Gasteiger charge is -2.47. The molecule has 2 aliphatic heterocycles. The van der Waals surface area contributed by atoms with Gasteiger partial charge < -0.3 is 10.6 Å². The van der Waals surface area contributed by atoms with Gasteiger partial charge in [0.15, 0.2) is 17.5 Å². The molecule has 3 fully saturated rings. The normalized spacial score (nSPS) is 23.8. The first-order chi connectivity index (χ1) is 16.9. The SMILES string of the molecule is CC1(C)CC(Nc2nc(Nc3ccc(F)c(-n4nnnc4C4CC4)c3)ncc2F)C[C@@H]2CCCN21. The Morgan fingerprint density at radius 1 is 1.11 bits per heavy atom. The van der Waals surface area contributed by atoms with Crippen LogP contribution in [-0.2, 0) is 0 Å². The van der Waals surface area contributed by atoms with Crippen LogP contribution in [0.1, 0.15) is 64.1 Å². The summed E-state index contributed by atoms with van der Waals surface area (Å²) < 4.78 is 30.7. The van der Waals surface area contributed by atoms with Crippen LogP contribution in [0.2, 0.25) is 0 Å². The third kappa shape index (κ3) is 4.33. The molecule has 1 aromatic carbocycles. The first-order valence-corrected chi connectivity index (χ1v) is 12.3. The molecule has 1 unspecified atom stereocenters. The molecule has 1 aliphatic carbocycles. The van der Waals surface area contributed by atoms with Crippen molar-refractivity contribution >= 4 is 17.5 Å². The molecule has 4 heterocycles. The number of benzene rings is 1. The highest BCUT2D eigenvalue weighted by atomic mass is 19.1. The highest BCUT2D eigenvalue weighted by molar-refractivity contribution is 5.59. The summed E-state index contributed by atoms with van der Waals surface area (Å²) in [7, 11) is 0. The number of nitrogens with one attached hydrogen (secondary N) is 2. The molecule has 2 aromatic heterocycles. The number of aromatic nitrogens is 6. The van der Waals surface area contributed by atoms with Crippen LogP contribution in [0.25, 0.3) is 5.69 Å². The van der Waals surface area contributed by atoms with Gasteiger partial charge in [-0.3, -0.25) is 4.90 Å². The molecule has 0 radical (unpaired) electrons.